The molecule has 2 N–H and O–H groups in total. The number of hydrogen-bond acceptors (Lipinski definition) is 3. The third-order valence-electron chi connectivity index (χ3n) is 1.88. The van der Waals surface area contributed by atoms with Crippen LogP contribution in [0.25, 0.3) is 0 Å². The van der Waals surface area contributed by atoms with E-state index in [1.807, 2.05) is 13.8 Å². The fraction of sp³-hybridized carbons (Fsp3) is 0.300. The molecule has 1 rings (SSSR count). The van der Waals surface area contributed by atoms with Gasteiger partial charge in [0.25, 0.3) is 0 Å². The van der Waals surface area contributed by atoms with Gasteiger partial charge < -0.3 is 14.9 Å². The highest BCUT2D eigenvalue weighted by Gasteiger charge is 2.11. The van der Waals surface area contributed by atoms with E-state index in [1.165, 1.54) is 6.07 Å². The van der Waals surface area contributed by atoms with Crippen LogP contribution in [-0.4, -0.2) is 16.4 Å². The first kappa shape index (κ1) is 10.4. The molecule has 0 aliphatic rings. The van der Waals surface area contributed by atoms with Gasteiger partial charge in [0.05, 0.1) is 0 Å². The second-order valence-electron chi connectivity index (χ2n) is 2.99. The molecule has 4 nitrogen and oxygen atoms in total. The fourth-order valence-electron chi connectivity index (χ4n) is 1.26. The van der Waals surface area contributed by atoms with Crippen LogP contribution in [-0.2, 0) is 6.42 Å². The number of carboxylic acid groups (broad SMARTS) is 1. The average molecular weight is 196 g/mol. The molecule has 14 heavy (non-hydrogen) atoms. The number of hydrogen-bond donors (Lipinski definition) is 2. The zero-order chi connectivity index (χ0) is 10.7. The molecule has 0 bridgehead atoms. The lowest BCUT2D eigenvalue weighted by Crippen LogP contribution is -2.04. The summed E-state index contributed by atoms with van der Waals surface area (Å²) in [4.78, 5) is 10.3. The first-order valence-corrected chi connectivity index (χ1v) is 4.27. The summed E-state index contributed by atoms with van der Waals surface area (Å²) in [6.45, 7) is 3.69. The number of phenols is 1. The third kappa shape index (κ3) is 2.16. The summed E-state index contributed by atoms with van der Waals surface area (Å²) >= 11 is 0. The molecule has 0 unspecified atom stereocenters. The first-order valence-electron chi connectivity index (χ1n) is 4.27. The molecule has 0 fully saturated rings. The van der Waals surface area contributed by atoms with Crippen LogP contribution in [0.4, 0.5) is 4.79 Å². The van der Waals surface area contributed by atoms with E-state index in [4.69, 9.17) is 5.11 Å². The smallest absolute Gasteiger partial charge is 0.504 e. The number of benzene rings is 1. The van der Waals surface area contributed by atoms with Gasteiger partial charge in [-0.1, -0.05) is 13.0 Å². The van der Waals surface area contributed by atoms with Crippen LogP contribution < -0.4 is 4.74 Å². The number of rotatable bonds is 2. The SMILES string of the molecule is CCc1cc(C)cc(OC(=O)O)c1O. The molecular formula is C10H12O4. The van der Waals surface area contributed by atoms with Crippen molar-refractivity contribution in [3.05, 3.63) is 23.3 Å². The minimum absolute atomic E-state index is 0.00523. The van der Waals surface area contributed by atoms with Gasteiger partial charge in [0.15, 0.2) is 11.5 Å². The second-order valence-corrected chi connectivity index (χ2v) is 2.99. The van der Waals surface area contributed by atoms with Crippen molar-refractivity contribution in [2.45, 2.75) is 20.3 Å². The van der Waals surface area contributed by atoms with Crippen molar-refractivity contribution >= 4 is 6.16 Å². The van der Waals surface area contributed by atoms with Crippen molar-refractivity contribution in [2.75, 3.05) is 0 Å². The maximum atomic E-state index is 10.3. The Balaban J connectivity index is 3.15. The predicted molar refractivity (Wildman–Crippen MR) is 50.9 cm³/mol. The van der Waals surface area contributed by atoms with E-state index in [-0.39, 0.29) is 11.5 Å². The highest BCUT2D eigenvalue weighted by atomic mass is 16.7. The summed E-state index contributed by atoms with van der Waals surface area (Å²) < 4.78 is 4.43. The molecule has 1 aromatic carbocycles. The highest BCUT2D eigenvalue weighted by molar-refractivity contribution is 5.64. The summed E-state index contributed by atoms with van der Waals surface area (Å²) in [5, 5.41) is 18.0. The van der Waals surface area contributed by atoms with Crippen molar-refractivity contribution in [2.24, 2.45) is 0 Å². The molecule has 0 aliphatic heterocycles. The zero-order valence-electron chi connectivity index (χ0n) is 8.07. The van der Waals surface area contributed by atoms with Crippen molar-refractivity contribution in [1.29, 1.82) is 0 Å². The molecule has 0 aliphatic carbocycles. The Morgan fingerprint density at radius 3 is 2.64 bits per heavy atom. The number of phenolic OH excluding ortho intramolecular Hbond substituents is 1. The van der Waals surface area contributed by atoms with Crippen LogP contribution in [0.15, 0.2) is 12.1 Å². The van der Waals surface area contributed by atoms with Gasteiger partial charge in [-0.05, 0) is 30.5 Å². The lowest BCUT2D eigenvalue weighted by Gasteiger charge is -2.08. The van der Waals surface area contributed by atoms with E-state index in [9.17, 15) is 9.90 Å². The van der Waals surface area contributed by atoms with E-state index < -0.39 is 6.16 Å². The molecule has 1 aromatic rings. The normalized spacial score (nSPS) is 9.86. The summed E-state index contributed by atoms with van der Waals surface area (Å²) in [5.74, 6) is -0.102. The summed E-state index contributed by atoms with van der Waals surface area (Å²) in [6, 6.07) is 3.28. The van der Waals surface area contributed by atoms with E-state index >= 15 is 0 Å². The summed E-state index contributed by atoms with van der Waals surface area (Å²) in [6.07, 6.45) is -0.795. The Morgan fingerprint density at radius 2 is 2.14 bits per heavy atom. The fourth-order valence-corrected chi connectivity index (χ4v) is 1.26. The van der Waals surface area contributed by atoms with Crippen LogP contribution in [0, 0.1) is 6.92 Å². The molecule has 0 radical (unpaired) electrons. The zero-order valence-corrected chi connectivity index (χ0v) is 8.07. The van der Waals surface area contributed by atoms with Crippen LogP contribution in [0.1, 0.15) is 18.1 Å². The predicted octanol–water partition coefficient (Wildman–Crippen LogP) is 2.32. The maximum absolute atomic E-state index is 10.3. The molecule has 76 valence electrons. The van der Waals surface area contributed by atoms with Gasteiger partial charge in [-0.2, -0.15) is 0 Å². The molecule has 0 amide bonds. The molecular weight excluding hydrogens is 184 g/mol. The molecule has 0 aromatic heterocycles. The number of ether oxygens (including phenoxy) is 1. The van der Waals surface area contributed by atoms with Crippen LogP contribution in [0.5, 0.6) is 11.5 Å². The third-order valence-corrected chi connectivity index (χ3v) is 1.88. The van der Waals surface area contributed by atoms with Gasteiger partial charge in [0, 0.05) is 0 Å². The van der Waals surface area contributed by atoms with Crippen molar-refractivity contribution < 1.29 is 19.7 Å². The van der Waals surface area contributed by atoms with Gasteiger partial charge in [-0.25, -0.2) is 4.79 Å². The highest BCUT2D eigenvalue weighted by Crippen LogP contribution is 2.31. The summed E-state index contributed by atoms with van der Waals surface area (Å²) in [5.41, 5.74) is 1.54. The van der Waals surface area contributed by atoms with Gasteiger partial charge in [-0.15, -0.1) is 0 Å². The molecule has 0 heterocycles. The number of aryl methyl sites for hydroxylation is 2. The Labute approximate surface area is 81.8 Å². The molecule has 0 spiro atoms. The van der Waals surface area contributed by atoms with Crippen LogP contribution >= 0.6 is 0 Å². The van der Waals surface area contributed by atoms with Crippen molar-refractivity contribution in [1.82, 2.24) is 0 Å². The van der Waals surface area contributed by atoms with E-state index in [1.54, 1.807) is 6.07 Å². The quantitative estimate of drug-likeness (QED) is 0.562. The van der Waals surface area contributed by atoms with Crippen LogP contribution in [0.2, 0.25) is 0 Å². The minimum Gasteiger partial charge on any atom is -0.504 e. The Hall–Kier alpha value is -1.71. The monoisotopic (exact) mass is 196 g/mol. The van der Waals surface area contributed by atoms with E-state index in [0.29, 0.717) is 12.0 Å². The van der Waals surface area contributed by atoms with Gasteiger partial charge in [0.1, 0.15) is 0 Å². The molecule has 4 heteroatoms. The lowest BCUT2D eigenvalue weighted by atomic mass is 10.1. The topological polar surface area (TPSA) is 66.8 Å². The number of carbonyl (C=O) groups is 1. The Bertz CT molecular complexity index is 357. The Kier molecular flexibility index (Phi) is 2.96. The van der Waals surface area contributed by atoms with Crippen molar-refractivity contribution in [3.63, 3.8) is 0 Å². The lowest BCUT2D eigenvalue weighted by molar-refractivity contribution is 0.143. The average Bonchev–Trinajstić information content (AvgIpc) is 2.09. The molecule has 0 saturated heterocycles. The maximum Gasteiger partial charge on any atom is 0.511 e. The van der Waals surface area contributed by atoms with Gasteiger partial charge in [-0.3, -0.25) is 0 Å². The van der Waals surface area contributed by atoms with E-state index in [0.717, 1.165) is 5.56 Å². The minimum atomic E-state index is -1.42. The molecule has 0 atom stereocenters. The summed E-state index contributed by atoms with van der Waals surface area (Å²) in [7, 11) is 0. The van der Waals surface area contributed by atoms with Crippen molar-refractivity contribution in [3.8, 4) is 11.5 Å². The standard InChI is InChI=1S/C10H12O4/c1-3-7-4-6(2)5-8(9(7)11)14-10(12)13/h4-5,11H,3H2,1-2H3,(H,12,13). The van der Waals surface area contributed by atoms with Crippen LogP contribution in [0.3, 0.4) is 0 Å². The van der Waals surface area contributed by atoms with Gasteiger partial charge in [0.2, 0.25) is 0 Å². The largest absolute Gasteiger partial charge is 0.511 e. The second kappa shape index (κ2) is 4.00. The van der Waals surface area contributed by atoms with E-state index in [2.05, 4.69) is 4.74 Å². The Morgan fingerprint density at radius 1 is 1.50 bits per heavy atom. The molecule has 0 saturated carbocycles. The number of aromatic hydroxyl groups is 1. The first-order chi connectivity index (χ1) is 6.54. The van der Waals surface area contributed by atoms with Gasteiger partial charge >= 0.3 is 6.16 Å².